The molecule has 3 amide bonds. The number of likely N-dealkylation sites (tertiary alicyclic amines) is 1. The first-order chi connectivity index (χ1) is 7.09. The fourth-order valence-corrected chi connectivity index (χ4v) is 2.03. The van der Waals surface area contributed by atoms with E-state index in [9.17, 15) is 14.4 Å². The topological polar surface area (TPSA) is 92.5 Å². The summed E-state index contributed by atoms with van der Waals surface area (Å²) in [5.74, 6) is -0.773. The van der Waals surface area contributed by atoms with E-state index in [4.69, 9.17) is 5.73 Å². The third-order valence-corrected chi connectivity index (χ3v) is 2.89. The Kier molecular flexibility index (Phi) is 2.34. The number of nitrogens with zero attached hydrogens (tertiary/aromatic N) is 1. The molecule has 0 saturated carbocycles. The SMILES string of the molecule is NC(=O)[C@@H]1CCCN1C(=O)C1CC(=O)N1. The van der Waals surface area contributed by atoms with Crippen LogP contribution in [0.1, 0.15) is 19.3 Å². The Balaban J connectivity index is 2.00. The molecule has 2 aliphatic heterocycles. The monoisotopic (exact) mass is 211 g/mol. The van der Waals surface area contributed by atoms with Gasteiger partial charge in [-0.2, -0.15) is 0 Å². The van der Waals surface area contributed by atoms with Gasteiger partial charge in [-0.15, -0.1) is 0 Å². The zero-order valence-electron chi connectivity index (χ0n) is 8.23. The Morgan fingerprint density at radius 1 is 1.47 bits per heavy atom. The highest BCUT2D eigenvalue weighted by Gasteiger charge is 2.40. The normalized spacial score (nSPS) is 29.6. The maximum absolute atomic E-state index is 11.8. The fourth-order valence-electron chi connectivity index (χ4n) is 2.03. The summed E-state index contributed by atoms with van der Waals surface area (Å²) in [6.45, 7) is 0.554. The van der Waals surface area contributed by atoms with Crippen LogP contribution in [0.3, 0.4) is 0 Å². The molecule has 2 fully saturated rings. The number of β-lactam (4-membered cyclic amide) rings is 1. The van der Waals surface area contributed by atoms with Gasteiger partial charge in [-0.25, -0.2) is 0 Å². The van der Waals surface area contributed by atoms with Gasteiger partial charge >= 0.3 is 0 Å². The fraction of sp³-hybridized carbons (Fsp3) is 0.667. The summed E-state index contributed by atoms with van der Waals surface area (Å²) < 4.78 is 0. The molecule has 1 unspecified atom stereocenters. The Hall–Kier alpha value is -1.59. The first-order valence-electron chi connectivity index (χ1n) is 4.99. The highest BCUT2D eigenvalue weighted by molar-refractivity contribution is 5.99. The second-order valence-electron chi connectivity index (χ2n) is 3.92. The predicted molar refractivity (Wildman–Crippen MR) is 50.5 cm³/mol. The third-order valence-electron chi connectivity index (χ3n) is 2.89. The molecule has 2 rings (SSSR count). The molecule has 2 heterocycles. The first kappa shape index (κ1) is 9.95. The molecule has 2 aliphatic rings. The average Bonchev–Trinajstić information content (AvgIpc) is 2.60. The van der Waals surface area contributed by atoms with Gasteiger partial charge < -0.3 is 16.0 Å². The van der Waals surface area contributed by atoms with E-state index in [1.807, 2.05) is 0 Å². The van der Waals surface area contributed by atoms with E-state index in [1.54, 1.807) is 0 Å². The van der Waals surface area contributed by atoms with Gasteiger partial charge in [-0.1, -0.05) is 0 Å². The standard InChI is InChI=1S/C9H13N3O3/c10-8(14)6-2-1-3-12(6)9(15)5-4-7(13)11-5/h5-6H,1-4H2,(H2,10,14)(H,11,13)/t5?,6-/m0/s1. The van der Waals surface area contributed by atoms with Crippen LogP contribution in [0, 0.1) is 0 Å². The maximum atomic E-state index is 11.8. The number of rotatable bonds is 2. The largest absolute Gasteiger partial charge is 0.368 e. The number of carbonyl (C=O) groups is 3. The molecule has 2 saturated heterocycles. The van der Waals surface area contributed by atoms with Gasteiger partial charge in [0.25, 0.3) is 0 Å². The average molecular weight is 211 g/mol. The highest BCUT2D eigenvalue weighted by Crippen LogP contribution is 2.20. The number of carbonyl (C=O) groups excluding carboxylic acids is 3. The van der Waals surface area contributed by atoms with Crippen molar-refractivity contribution in [2.45, 2.75) is 31.3 Å². The molecule has 0 spiro atoms. The van der Waals surface area contributed by atoms with Gasteiger partial charge in [0.15, 0.2) is 0 Å². The van der Waals surface area contributed by atoms with Crippen molar-refractivity contribution in [3.05, 3.63) is 0 Å². The molecule has 15 heavy (non-hydrogen) atoms. The molecule has 6 nitrogen and oxygen atoms in total. The van der Waals surface area contributed by atoms with E-state index >= 15 is 0 Å². The van der Waals surface area contributed by atoms with Crippen LogP contribution < -0.4 is 11.1 Å². The Morgan fingerprint density at radius 2 is 2.13 bits per heavy atom. The lowest BCUT2D eigenvalue weighted by Crippen LogP contribution is -2.59. The van der Waals surface area contributed by atoms with Crippen LogP contribution in [0.15, 0.2) is 0 Å². The Labute approximate surface area is 86.8 Å². The smallest absolute Gasteiger partial charge is 0.246 e. The van der Waals surface area contributed by atoms with E-state index in [0.29, 0.717) is 13.0 Å². The van der Waals surface area contributed by atoms with Gasteiger partial charge in [-0.3, -0.25) is 14.4 Å². The second-order valence-corrected chi connectivity index (χ2v) is 3.92. The third kappa shape index (κ3) is 1.67. The van der Waals surface area contributed by atoms with Gasteiger partial charge in [0.1, 0.15) is 12.1 Å². The lowest BCUT2D eigenvalue weighted by molar-refractivity contribution is -0.145. The number of primary amides is 1. The summed E-state index contributed by atoms with van der Waals surface area (Å²) in [5.41, 5.74) is 5.19. The predicted octanol–water partition coefficient (Wildman–Crippen LogP) is -1.65. The van der Waals surface area contributed by atoms with Crippen molar-refractivity contribution in [1.82, 2.24) is 10.2 Å². The van der Waals surface area contributed by atoms with Crippen LogP contribution in [0.4, 0.5) is 0 Å². The minimum Gasteiger partial charge on any atom is -0.368 e. The van der Waals surface area contributed by atoms with Crippen molar-refractivity contribution >= 4 is 17.7 Å². The Bertz CT molecular complexity index is 321. The van der Waals surface area contributed by atoms with Crippen molar-refractivity contribution in [3.8, 4) is 0 Å². The van der Waals surface area contributed by atoms with Gasteiger partial charge in [0, 0.05) is 6.54 Å². The van der Waals surface area contributed by atoms with Gasteiger partial charge in [0.2, 0.25) is 17.7 Å². The summed E-state index contributed by atoms with van der Waals surface area (Å²) in [5, 5.41) is 2.50. The summed E-state index contributed by atoms with van der Waals surface area (Å²) in [7, 11) is 0. The summed E-state index contributed by atoms with van der Waals surface area (Å²) in [6, 6.07) is -0.938. The van der Waals surface area contributed by atoms with Crippen LogP contribution in [0.5, 0.6) is 0 Å². The van der Waals surface area contributed by atoms with Crippen molar-refractivity contribution in [1.29, 1.82) is 0 Å². The number of amides is 3. The molecular formula is C9H13N3O3. The van der Waals surface area contributed by atoms with Crippen molar-refractivity contribution in [2.75, 3.05) is 6.54 Å². The zero-order valence-corrected chi connectivity index (χ0v) is 8.23. The molecule has 82 valence electrons. The molecular weight excluding hydrogens is 198 g/mol. The molecule has 0 aromatic rings. The molecule has 2 atom stereocenters. The van der Waals surface area contributed by atoms with Crippen molar-refractivity contribution < 1.29 is 14.4 Å². The Morgan fingerprint density at radius 3 is 2.67 bits per heavy atom. The number of hydrogen-bond donors (Lipinski definition) is 2. The quantitative estimate of drug-likeness (QED) is 0.536. The molecule has 0 radical (unpaired) electrons. The van der Waals surface area contributed by atoms with Crippen molar-refractivity contribution in [2.24, 2.45) is 5.73 Å². The summed E-state index contributed by atoms with van der Waals surface area (Å²) in [4.78, 5) is 35.0. The maximum Gasteiger partial charge on any atom is 0.246 e. The van der Waals surface area contributed by atoms with Crippen LogP contribution in [-0.2, 0) is 14.4 Å². The summed E-state index contributed by atoms with van der Waals surface area (Å²) >= 11 is 0. The van der Waals surface area contributed by atoms with Crippen LogP contribution in [0.2, 0.25) is 0 Å². The highest BCUT2D eigenvalue weighted by atomic mass is 16.2. The van der Waals surface area contributed by atoms with Gasteiger partial charge in [-0.05, 0) is 12.8 Å². The molecule has 3 N–H and O–H groups in total. The zero-order chi connectivity index (χ0) is 11.0. The second kappa shape index (κ2) is 3.52. The summed E-state index contributed by atoms with van der Waals surface area (Å²) in [6.07, 6.45) is 1.64. The number of hydrogen-bond acceptors (Lipinski definition) is 3. The molecule has 0 aromatic carbocycles. The van der Waals surface area contributed by atoms with Crippen LogP contribution in [0.25, 0.3) is 0 Å². The lowest BCUT2D eigenvalue weighted by atomic mass is 10.0. The van der Waals surface area contributed by atoms with Crippen molar-refractivity contribution in [3.63, 3.8) is 0 Å². The minimum atomic E-state index is -0.491. The molecule has 0 bridgehead atoms. The van der Waals surface area contributed by atoms with E-state index < -0.39 is 18.0 Å². The first-order valence-corrected chi connectivity index (χ1v) is 4.99. The van der Waals surface area contributed by atoms with E-state index in [0.717, 1.165) is 6.42 Å². The van der Waals surface area contributed by atoms with Crippen LogP contribution in [-0.4, -0.2) is 41.2 Å². The van der Waals surface area contributed by atoms with E-state index in [-0.39, 0.29) is 18.2 Å². The van der Waals surface area contributed by atoms with Crippen LogP contribution >= 0.6 is 0 Å². The minimum absolute atomic E-state index is 0.122. The van der Waals surface area contributed by atoms with E-state index in [2.05, 4.69) is 5.32 Å². The molecule has 0 aromatic heterocycles. The molecule has 6 heteroatoms. The number of nitrogens with two attached hydrogens (primary N) is 1. The van der Waals surface area contributed by atoms with E-state index in [1.165, 1.54) is 4.90 Å². The number of nitrogens with one attached hydrogen (secondary N) is 1. The van der Waals surface area contributed by atoms with Gasteiger partial charge in [0.05, 0.1) is 6.42 Å². The lowest BCUT2D eigenvalue weighted by Gasteiger charge is -2.32. The molecule has 0 aliphatic carbocycles.